The SMILES string of the molecule is CC(C)C[C@@H](NC(=O)c1cn[nH]c1C1CCCCC1)c1ncnn1C. The van der Waals surface area contributed by atoms with Gasteiger partial charge in [0.15, 0.2) is 0 Å². The highest BCUT2D eigenvalue weighted by Crippen LogP contribution is 2.33. The van der Waals surface area contributed by atoms with Gasteiger partial charge in [0.25, 0.3) is 5.91 Å². The maximum atomic E-state index is 12.9. The summed E-state index contributed by atoms with van der Waals surface area (Å²) in [5, 5.41) is 14.5. The highest BCUT2D eigenvalue weighted by molar-refractivity contribution is 5.95. The van der Waals surface area contributed by atoms with Crippen molar-refractivity contribution in [1.82, 2.24) is 30.3 Å². The van der Waals surface area contributed by atoms with Gasteiger partial charge in [-0.25, -0.2) is 4.98 Å². The van der Waals surface area contributed by atoms with Gasteiger partial charge in [-0.15, -0.1) is 0 Å². The Morgan fingerprint density at radius 1 is 1.36 bits per heavy atom. The first-order chi connectivity index (χ1) is 12.1. The molecule has 2 N–H and O–H groups in total. The van der Waals surface area contributed by atoms with Crippen LogP contribution in [0.2, 0.25) is 0 Å². The van der Waals surface area contributed by atoms with Crippen LogP contribution in [-0.2, 0) is 7.05 Å². The van der Waals surface area contributed by atoms with Crippen LogP contribution in [0.1, 0.15) is 86.2 Å². The molecule has 1 amide bonds. The van der Waals surface area contributed by atoms with Gasteiger partial charge in [0, 0.05) is 13.0 Å². The molecule has 1 aliphatic carbocycles. The summed E-state index contributed by atoms with van der Waals surface area (Å²) in [5.74, 6) is 1.55. The van der Waals surface area contributed by atoms with E-state index in [-0.39, 0.29) is 11.9 Å². The highest BCUT2D eigenvalue weighted by atomic mass is 16.1. The first-order valence-electron chi connectivity index (χ1n) is 9.24. The smallest absolute Gasteiger partial charge is 0.255 e. The number of nitrogens with one attached hydrogen (secondary N) is 2. The molecule has 0 aromatic carbocycles. The first-order valence-corrected chi connectivity index (χ1v) is 9.24. The van der Waals surface area contributed by atoms with Gasteiger partial charge in [-0.2, -0.15) is 10.2 Å². The lowest BCUT2D eigenvalue weighted by Crippen LogP contribution is -2.32. The zero-order valence-electron chi connectivity index (χ0n) is 15.3. The number of aromatic amines is 1. The summed E-state index contributed by atoms with van der Waals surface area (Å²) in [4.78, 5) is 17.3. The monoisotopic (exact) mass is 344 g/mol. The summed E-state index contributed by atoms with van der Waals surface area (Å²) in [6, 6.07) is -0.158. The fraction of sp³-hybridized carbons (Fsp3) is 0.667. The highest BCUT2D eigenvalue weighted by Gasteiger charge is 2.26. The molecule has 1 saturated carbocycles. The summed E-state index contributed by atoms with van der Waals surface area (Å²) in [7, 11) is 1.85. The largest absolute Gasteiger partial charge is 0.342 e. The molecule has 0 saturated heterocycles. The van der Waals surface area contributed by atoms with Crippen molar-refractivity contribution in [3.63, 3.8) is 0 Å². The Morgan fingerprint density at radius 3 is 2.76 bits per heavy atom. The van der Waals surface area contributed by atoms with Crippen LogP contribution in [0.25, 0.3) is 0 Å². The molecule has 7 nitrogen and oxygen atoms in total. The van der Waals surface area contributed by atoms with E-state index in [1.165, 1.54) is 25.6 Å². The Hall–Kier alpha value is -2.18. The van der Waals surface area contributed by atoms with E-state index >= 15 is 0 Å². The minimum Gasteiger partial charge on any atom is -0.342 e. The zero-order chi connectivity index (χ0) is 17.8. The van der Waals surface area contributed by atoms with Gasteiger partial charge in [0.05, 0.1) is 23.5 Å². The molecule has 0 unspecified atom stereocenters. The first kappa shape index (κ1) is 17.6. The standard InChI is InChI=1S/C18H28N6O/c1-12(2)9-15(17-19-11-21-24(17)3)22-18(25)14-10-20-23-16(14)13-7-5-4-6-8-13/h10-13,15H,4-9H2,1-3H3,(H,20,23)(H,22,25)/t15-/m1/s1. The molecule has 0 bridgehead atoms. The summed E-state index contributed by atoms with van der Waals surface area (Å²) in [6.45, 7) is 4.28. The summed E-state index contributed by atoms with van der Waals surface area (Å²) >= 11 is 0. The van der Waals surface area contributed by atoms with E-state index in [0.29, 0.717) is 17.4 Å². The lowest BCUT2D eigenvalue weighted by atomic mass is 9.85. The Balaban J connectivity index is 1.78. The van der Waals surface area contributed by atoms with Gasteiger partial charge in [0.1, 0.15) is 12.2 Å². The average Bonchev–Trinajstić information content (AvgIpc) is 3.23. The molecular weight excluding hydrogens is 316 g/mol. The Labute approximate surface area is 148 Å². The fourth-order valence-corrected chi connectivity index (χ4v) is 3.74. The molecule has 3 rings (SSSR count). The molecule has 7 heteroatoms. The van der Waals surface area contributed by atoms with Crippen LogP contribution in [0, 0.1) is 5.92 Å². The maximum absolute atomic E-state index is 12.9. The summed E-state index contributed by atoms with van der Waals surface area (Å²) in [6.07, 6.45) is 9.98. The topological polar surface area (TPSA) is 88.5 Å². The second-order valence-corrected chi connectivity index (χ2v) is 7.43. The summed E-state index contributed by atoms with van der Waals surface area (Å²) in [5.41, 5.74) is 1.65. The van der Waals surface area contributed by atoms with Gasteiger partial charge in [0.2, 0.25) is 0 Å². The van der Waals surface area contributed by atoms with Gasteiger partial charge >= 0.3 is 0 Å². The van der Waals surface area contributed by atoms with Crippen LogP contribution < -0.4 is 5.32 Å². The maximum Gasteiger partial charge on any atom is 0.255 e. The van der Waals surface area contributed by atoms with Gasteiger partial charge in [-0.1, -0.05) is 33.1 Å². The summed E-state index contributed by atoms with van der Waals surface area (Å²) < 4.78 is 1.73. The number of H-pyrrole nitrogens is 1. The van der Waals surface area contributed by atoms with E-state index in [9.17, 15) is 4.79 Å². The van der Waals surface area contributed by atoms with Crippen molar-refractivity contribution in [1.29, 1.82) is 0 Å². The van der Waals surface area contributed by atoms with E-state index in [2.05, 4.69) is 39.4 Å². The number of carbonyl (C=O) groups excluding carboxylic acids is 1. The lowest BCUT2D eigenvalue weighted by Gasteiger charge is -2.23. The van der Waals surface area contributed by atoms with Crippen molar-refractivity contribution >= 4 is 5.91 Å². The zero-order valence-corrected chi connectivity index (χ0v) is 15.3. The minimum atomic E-state index is -0.158. The third kappa shape index (κ3) is 4.08. The minimum absolute atomic E-state index is 0.0806. The normalized spacial score (nSPS) is 17.0. The number of nitrogens with zero attached hydrogens (tertiary/aromatic N) is 4. The third-order valence-corrected chi connectivity index (χ3v) is 5.00. The van der Waals surface area contributed by atoms with Gasteiger partial charge in [-0.05, 0) is 25.2 Å². The van der Waals surface area contributed by atoms with E-state index in [1.807, 2.05) is 7.05 Å². The quantitative estimate of drug-likeness (QED) is 0.843. The number of aromatic nitrogens is 5. The van der Waals surface area contributed by atoms with Crippen molar-refractivity contribution < 1.29 is 4.79 Å². The number of rotatable bonds is 6. The molecule has 136 valence electrons. The van der Waals surface area contributed by atoms with Crippen molar-refractivity contribution in [2.24, 2.45) is 13.0 Å². The average molecular weight is 344 g/mol. The molecule has 0 radical (unpaired) electrons. The van der Waals surface area contributed by atoms with Crippen molar-refractivity contribution in [3.05, 3.63) is 29.6 Å². The predicted molar refractivity (Wildman–Crippen MR) is 95.1 cm³/mol. The molecule has 25 heavy (non-hydrogen) atoms. The van der Waals surface area contributed by atoms with Gasteiger partial charge < -0.3 is 5.32 Å². The van der Waals surface area contributed by atoms with Crippen molar-refractivity contribution in [2.45, 2.75) is 64.3 Å². The Kier molecular flexibility index (Phi) is 5.50. The number of hydrogen-bond acceptors (Lipinski definition) is 4. The predicted octanol–water partition coefficient (Wildman–Crippen LogP) is 3.10. The molecule has 0 spiro atoms. The Bertz CT molecular complexity index is 698. The van der Waals surface area contributed by atoms with Crippen LogP contribution >= 0.6 is 0 Å². The van der Waals surface area contributed by atoms with E-state index in [4.69, 9.17) is 0 Å². The lowest BCUT2D eigenvalue weighted by molar-refractivity contribution is 0.0927. The fourth-order valence-electron chi connectivity index (χ4n) is 3.74. The molecule has 2 heterocycles. The molecule has 1 fully saturated rings. The molecule has 1 aliphatic rings. The number of amides is 1. The van der Waals surface area contributed by atoms with E-state index in [0.717, 1.165) is 30.8 Å². The molecule has 2 aromatic rings. The number of aryl methyl sites for hydroxylation is 1. The Morgan fingerprint density at radius 2 is 2.12 bits per heavy atom. The van der Waals surface area contributed by atoms with Crippen molar-refractivity contribution in [3.8, 4) is 0 Å². The van der Waals surface area contributed by atoms with Crippen LogP contribution in [0.5, 0.6) is 0 Å². The molecule has 0 aliphatic heterocycles. The van der Waals surface area contributed by atoms with Crippen LogP contribution in [-0.4, -0.2) is 30.9 Å². The molecule has 1 atom stereocenters. The number of carbonyl (C=O) groups is 1. The van der Waals surface area contributed by atoms with E-state index in [1.54, 1.807) is 10.9 Å². The van der Waals surface area contributed by atoms with Crippen LogP contribution in [0.3, 0.4) is 0 Å². The van der Waals surface area contributed by atoms with Crippen LogP contribution in [0.4, 0.5) is 0 Å². The third-order valence-electron chi connectivity index (χ3n) is 5.00. The van der Waals surface area contributed by atoms with Crippen LogP contribution in [0.15, 0.2) is 12.5 Å². The molecule has 2 aromatic heterocycles. The molecular formula is C18H28N6O. The van der Waals surface area contributed by atoms with Crippen molar-refractivity contribution in [2.75, 3.05) is 0 Å². The second kappa shape index (κ2) is 7.80. The second-order valence-electron chi connectivity index (χ2n) is 7.43. The van der Waals surface area contributed by atoms with E-state index < -0.39 is 0 Å². The van der Waals surface area contributed by atoms with Gasteiger partial charge in [-0.3, -0.25) is 14.6 Å². The number of hydrogen-bond donors (Lipinski definition) is 2.